The first-order valence-corrected chi connectivity index (χ1v) is 22.0. The minimum atomic E-state index is -0.516. The molecule has 11 aromatic rings. The Kier molecular flexibility index (Phi) is 8.62. The molecule has 0 radical (unpaired) electrons. The van der Waals surface area contributed by atoms with E-state index in [4.69, 9.17) is 9.97 Å². The number of aromatic nitrogens is 2. The van der Waals surface area contributed by atoms with Gasteiger partial charge in [-0.2, -0.15) is 0 Å². The van der Waals surface area contributed by atoms with Crippen molar-refractivity contribution in [3.05, 3.63) is 253 Å². The van der Waals surface area contributed by atoms with Crippen LogP contribution in [0.15, 0.2) is 231 Å². The predicted molar refractivity (Wildman–Crippen MR) is 259 cm³/mol. The number of benzene rings is 9. The Morgan fingerprint density at radius 3 is 1.56 bits per heavy atom. The molecule has 0 atom stereocenters. The Morgan fingerprint density at radius 2 is 0.855 bits per heavy atom. The van der Waals surface area contributed by atoms with Crippen LogP contribution in [-0.4, -0.2) is 9.97 Å². The quantitative estimate of drug-likeness (QED) is 0.160. The summed E-state index contributed by atoms with van der Waals surface area (Å²) < 4.78 is 2.58. The van der Waals surface area contributed by atoms with Gasteiger partial charge in [0.1, 0.15) is 0 Å². The Bertz CT molecular complexity index is 3410. The van der Waals surface area contributed by atoms with Gasteiger partial charge in [0.05, 0.1) is 16.8 Å². The number of hydrogen-bond acceptors (Lipinski definition) is 3. The second-order valence-corrected chi connectivity index (χ2v) is 17.1. The van der Waals surface area contributed by atoms with E-state index in [0.717, 1.165) is 28.1 Å². The van der Waals surface area contributed by atoms with Crippen molar-refractivity contribution in [2.24, 2.45) is 0 Å². The van der Waals surface area contributed by atoms with Crippen LogP contribution in [0.4, 0.5) is 0 Å². The van der Waals surface area contributed by atoms with Gasteiger partial charge in [-0.05, 0) is 74.3 Å². The Labute approximate surface area is 365 Å². The van der Waals surface area contributed by atoms with Crippen LogP contribution in [0.1, 0.15) is 22.3 Å². The summed E-state index contributed by atoms with van der Waals surface area (Å²) in [5.74, 6) is 0.694. The molecule has 0 unspecified atom stereocenters. The molecule has 0 spiro atoms. The molecule has 0 saturated carbocycles. The van der Waals surface area contributed by atoms with Gasteiger partial charge in [0.25, 0.3) is 0 Å². The minimum Gasteiger partial charge on any atom is -0.228 e. The van der Waals surface area contributed by atoms with E-state index in [1.807, 2.05) is 17.4 Å². The average Bonchev–Trinajstić information content (AvgIpc) is 3.89. The summed E-state index contributed by atoms with van der Waals surface area (Å²) in [6, 6.07) is 83.4. The van der Waals surface area contributed by atoms with Crippen molar-refractivity contribution in [3.8, 4) is 67.3 Å². The van der Waals surface area contributed by atoms with Gasteiger partial charge in [0.15, 0.2) is 5.82 Å². The molecule has 0 amide bonds. The van der Waals surface area contributed by atoms with Gasteiger partial charge in [-0.25, -0.2) is 9.97 Å². The number of rotatable bonds is 7. The first-order valence-electron chi connectivity index (χ1n) is 21.1. The highest BCUT2D eigenvalue weighted by atomic mass is 32.1. The number of nitrogens with zero attached hydrogens (tertiary/aromatic N) is 2. The van der Waals surface area contributed by atoms with E-state index in [9.17, 15) is 0 Å². The van der Waals surface area contributed by atoms with Gasteiger partial charge in [-0.1, -0.05) is 206 Å². The fourth-order valence-electron chi connectivity index (χ4n) is 9.82. The minimum absolute atomic E-state index is 0.516. The van der Waals surface area contributed by atoms with Gasteiger partial charge < -0.3 is 0 Å². The zero-order valence-electron chi connectivity index (χ0n) is 33.7. The normalized spacial score (nSPS) is 12.6. The summed E-state index contributed by atoms with van der Waals surface area (Å²) >= 11 is 1.86. The first-order chi connectivity index (χ1) is 30.7. The molecule has 0 bridgehead atoms. The maximum atomic E-state index is 5.37. The molecule has 2 aromatic heterocycles. The van der Waals surface area contributed by atoms with Crippen molar-refractivity contribution in [2.75, 3.05) is 0 Å². The van der Waals surface area contributed by atoms with Crippen LogP contribution in [0.5, 0.6) is 0 Å². The van der Waals surface area contributed by atoms with Crippen LogP contribution < -0.4 is 0 Å². The van der Waals surface area contributed by atoms with Crippen molar-refractivity contribution < 1.29 is 0 Å². The Hall–Kier alpha value is -7.72. The zero-order valence-corrected chi connectivity index (χ0v) is 34.6. The highest BCUT2D eigenvalue weighted by Crippen LogP contribution is 2.56. The lowest BCUT2D eigenvalue weighted by molar-refractivity contribution is 0.768. The van der Waals surface area contributed by atoms with Crippen LogP contribution in [0.25, 0.3) is 87.5 Å². The standard InChI is InChI=1S/C59H38N2S/c1-5-18-39(19-6-1)45-34-32-41(36-51(45)50-29-17-28-49-48-27-14-16-31-56(48)62-57(49)50)54-38-55(61-58(60-54)40-20-7-2-8-21-40)42-33-35-47-46-26-13-15-30-52(46)59(53(47)37-42,43-22-9-3-10-23-43)44-24-11-4-12-25-44/h1-38H. The van der Waals surface area contributed by atoms with E-state index in [1.54, 1.807) is 0 Å². The molecule has 1 aliphatic rings. The van der Waals surface area contributed by atoms with Gasteiger partial charge in [-0.3, -0.25) is 0 Å². The summed E-state index contributed by atoms with van der Waals surface area (Å²) in [6.07, 6.45) is 0. The van der Waals surface area contributed by atoms with Crippen LogP contribution in [-0.2, 0) is 5.41 Å². The SMILES string of the molecule is c1ccc(-c2nc(-c3ccc(-c4ccccc4)c(-c4cccc5c4sc4ccccc45)c3)cc(-c3ccc4c(c3)C(c3ccccc3)(c3ccccc3)c3ccccc3-4)n2)cc1. The Morgan fingerprint density at radius 1 is 0.323 bits per heavy atom. The van der Waals surface area contributed by atoms with Crippen LogP contribution in [0.3, 0.4) is 0 Å². The predicted octanol–water partition coefficient (Wildman–Crippen LogP) is 15.5. The van der Waals surface area contributed by atoms with Crippen molar-refractivity contribution in [1.29, 1.82) is 0 Å². The van der Waals surface area contributed by atoms with E-state index in [2.05, 4.69) is 224 Å². The topological polar surface area (TPSA) is 25.8 Å². The summed E-state index contributed by atoms with van der Waals surface area (Å²) in [4.78, 5) is 10.7. The molecule has 0 fully saturated rings. The highest BCUT2D eigenvalue weighted by molar-refractivity contribution is 7.26. The maximum Gasteiger partial charge on any atom is 0.160 e. The van der Waals surface area contributed by atoms with E-state index in [1.165, 1.54) is 75.8 Å². The molecule has 0 N–H and O–H groups in total. The van der Waals surface area contributed by atoms with Gasteiger partial charge in [0.2, 0.25) is 0 Å². The molecule has 62 heavy (non-hydrogen) atoms. The van der Waals surface area contributed by atoms with Crippen LogP contribution >= 0.6 is 11.3 Å². The molecule has 0 aliphatic heterocycles. The molecular formula is C59H38N2S. The van der Waals surface area contributed by atoms with E-state index >= 15 is 0 Å². The van der Waals surface area contributed by atoms with Crippen molar-refractivity contribution in [2.45, 2.75) is 5.41 Å². The van der Waals surface area contributed by atoms with Gasteiger partial charge >= 0.3 is 0 Å². The summed E-state index contributed by atoms with van der Waals surface area (Å²) in [7, 11) is 0. The molecule has 2 heterocycles. The van der Waals surface area contributed by atoms with Crippen LogP contribution in [0.2, 0.25) is 0 Å². The lowest BCUT2D eigenvalue weighted by Crippen LogP contribution is -2.28. The van der Waals surface area contributed by atoms with E-state index in [0.29, 0.717) is 5.82 Å². The lowest BCUT2D eigenvalue weighted by Gasteiger charge is -2.34. The fourth-order valence-corrected chi connectivity index (χ4v) is 11.0. The molecule has 1 aliphatic carbocycles. The number of fused-ring (bicyclic) bond motifs is 6. The Balaban J connectivity index is 1.09. The smallest absolute Gasteiger partial charge is 0.160 e. The largest absolute Gasteiger partial charge is 0.228 e. The third-order valence-corrected chi connectivity index (χ3v) is 13.8. The fraction of sp³-hybridized carbons (Fsp3) is 0.0169. The third-order valence-electron chi connectivity index (χ3n) is 12.6. The van der Waals surface area contributed by atoms with Gasteiger partial charge in [-0.15, -0.1) is 11.3 Å². The second-order valence-electron chi connectivity index (χ2n) is 16.0. The number of thiophene rings is 1. The van der Waals surface area contributed by atoms with Crippen molar-refractivity contribution in [1.82, 2.24) is 9.97 Å². The molecule has 12 rings (SSSR count). The lowest BCUT2D eigenvalue weighted by atomic mass is 9.67. The zero-order chi connectivity index (χ0) is 41.0. The molecule has 9 aromatic carbocycles. The third kappa shape index (κ3) is 5.78. The van der Waals surface area contributed by atoms with E-state index in [-0.39, 0.29) is 0 Å². The summed E-state index contributed by atoms with van der Waals surface area (Å²) in [5.41, 5.74) is 16.6. The van der Waals surface area contributed by atoms with E-state index < -0.39 is 5.41 Å². The summed E-state index contributed by atoms with van der Waals surface area (Å²) in [6.45, 7) is 0. The maximum absolute atomic E-state index is 5.37. The molecule has 290 valence electrons. The monoisotopic (exact) mass is 806 g/mol. The molecule has 2 nitrogen and oxygen atoms in total. The molecule has 0 saturated heterocycles. The molecule has 3 heteroatoms. The second kappa shape index (κ2) is 14.8. The van der Waals surface area contributed by atoms with Crippen LogP contribution in [0, 0.1) is 0 Å². The average molecular weight is 807 g/mol. The van der Waals surface area contributed by atoms with Gasteiger partial charge in [0, 0.05) is 42.4 Å². The first kappa shape index (κ1) is 36.2. The number of hydrogen-bond donors (Lipinski definition) is 0. The van der Waals surface area contributed by atoms with Crippen molar-refractivity contribution in [3.63, 3.8) is 0 Å². The van der Waals surface area contributed by atoms with Crippen molar-refractivity contribution >= 4 is 31.5 Å². The highest BCUT2D eigenvalue weighted by Gasteiger charge is 2.46. The summed E-state index contributed by atoms with van der Waals surface area (Å²) in [5, 5.41) is 2.57. The molecular weight excluding hydrogens is 769 g/mol.